The Kier molecular flexibility index (Phi) is 7.08. The van der Waals surface area contributed by atoms with Gasteiger partial charge in [-0.15, -0.1) is 0 Å². The average molecular weight is 334 g/mol. The highest BCUT2D eigenvalue weighted by atomic mass is 16.5. The van der Waals surface area contributed by atoms with Crippen molar-refractivity contribution in [2.75, 3.05) is 47.1 Å². The van der Waals surface area contributed by atoms with E-state index >= 15 is 0 Å². The summed E-state index contributed by atoms with van der Waals surface area (Å²) in [7, 11) is 3.17. The molecule has 2 rings (SSSR count). The Morgan fingerprint density at radius 2 is 2.08 bits per heavy atom. The van der Waals surface area contributed by atoms with E-state index in [0.717, 1.165) is 38.4 Å². The molecule has 1 aromatic rings. The van der Waals surface area contributed by atoms with E-state index in [1.807, 2.05) is 25.1 Å². The van der Waals surface area contributed by atoms with Gasteiger partial charge in [0, 0.05) is 37.3 Å². The smallest absolute Gasteiger partial charge is 0.244 e. The van der Waals surface area contributed by atoms with Crippen molar-refractivity contribution in [2.45, 2.75) is 13.0 Å². The van der Waals surface area contributed by atoms with Crippen molar-refractivity contribution in [3.63, 3.8) is 0 Å². The van der Waals surface area contributed by atoms with E-state index in [9.17, 15) is 4.79 Å². The maximum atomic E-state index is 12.1. The number of hydrogen-bond donors (Lipinski definition) is 1. The molecular weight excluding hydrogens is 308 g/mol. The van der Waals surface area contributed by atoms with E-state index < -0.39 is 0 Å². The number of hydrogen-bond acceptors (Lipinski definition) is 5. The Morgan fingerprint density at radius 1 is 1.33 bits per heavy atom. The molecule has 0 radical (unpaired) electrons. The van der Waals surface area contributed by atoms with Gasteiger partial charge in [-0.3, -0.25) is 9.69 Å². The lowest BCUT2D eigenvalue weighted by Crippen LogP contribution is -2.45. The number of benzene rings is 1. The molecule has 1 atom stereocenters. The van der Waals surface area contributed by atoms with E-state index in [1.165, 1.54) is 6.08 Å². The van der Waals surface area contributed by atoms with Gasteiger partial charge in [-0.25, -0.2) is 0 Å². The molecule has 0 spiro atoms. The number of ether oxygens (including phenoxy) is 3. The summed E-state index contributed by atoms with van der Waals surface area (Å²) in [6.07, 6.45) is 3.26. The first-order valence-electron chi connectivity index (χ1n) is 8.13. The van der Waals surface area contributed by atoms with Crippen LogP contribution in [-0.4, -0.2) is 63.9 Å². The molecule has 1 aliphatic rings. The van der Waals surface area contributed by atoms with Crippen LogP contribution in [0.3, 0.4) is 0 Å². The van der Waals surface area contributed by atoms with Gasteiger partial charge >= 0.3 is 0 Å². The second-order valence-corrected chi connectivity index (χ2v) is 5.74. The molecule has 1 saturated heterocycles. The van der Waals surface area contributed by atoms with Crippen LogP contribution in [0.15, 0.2) is 24.3 Å². The quantitative estimate of drug-likeness (QED) is 0.767. The molecule has 1 fully saturated rings. The number of amides is 1. The van der Waals surface area contributed by atoms with Crippen molar-refractivity contribution in [3.8, 4) is 11.5 Å². The van der Waals surface area contributed by atoms with Gasteiger partial charge in [-0.05, 0) is 19.1 Å². The Labute approximate surface area is 143 Å². The lowest BCUT2D eigenvalue weighted by atomic mass is 10.1. The number of nitrogens with one attached hydrogen (secondary N) is 1. The number of para-hydroxylation sites is 1. The lowest BCUT2D eigenvalue weighted by Gasteiger charge is -2.29. The summed E-state index contributed by atoms with van der Waals surface area (Å²) in [5.41, 5.74) is 0.799. The van der Waals surface area contributed by atoms with E-state index in [4.69, 9.17) is 14.2 Å². The molecular formula is C18H26N2O4. The van der Waals surface area contributed by atoms with Gasteiger partial charge < -0.3 is 19.5 Å². The Morgan fingerprint density at radius 3 is 2.75 bits per heavy atom. The molecule has 0 saturated carbocycles. The van der Waals surface area contributed by atoms with Crippen LogP contribution in [0, 0.1) is 0 Å². The molecule has 0 bridgehead atoms. The number of methoxy groups -OCH3 is 2. The predicted molar refractivity (Wildman–Crippen MR) is 93.4 cm³/mol. The largest absolute Gasteiger partial charge is 0.493 e. The third-order valence-corrected chi connectivity index (χ3v) is 3.87. The standard InChI is InChI=1S/C18H26N2O4/c1-14(13-20-9-11-24-12-10-20)19-17(21)8-7-15-5-4-6-16(22-2)18(15)23-3/h4-8,14H,9-13H2,1-3H3,(H,19,21)/b8-7+/t14-/m1/s1. The van der Waals surface area contributed by atoms with E-state index in [0.29, 0.717) is 11.5 Å². The molecule has 1 heterocycles. The second kappa shape index (κ2) is 9.30. The summed E-state index contributed by atoms with van der Waals surface area (Å²) in [6.45, 7) is 6.18. The van der Waals surface area contributed by atoms with Crippen LogP contribution >= 0.6 is 0 Å². The zero-order chi connectivity index (χ0) is 17.4. The predicted octanol–water partition coefficient (Wildman–Crippen LogP) is 1.55. The Hall–Kier alpha value is -2.05. The molecule has 1 amide bonds. The summed E-state index contributed by atoms with van der Waals surface area (Å²) in [5.74, 6) is 1.13. The molecule has 0 aromatic heterocycles. The summed E-state index contributed by atoms with van der Waals surface area (Å²) in [6, 6.07) is 5.63. The fourth-order valence-corrected chi connectivity index (χ4v) is 2.72. The zero-order valence-electron chi connectivity index (χ0n) is 14.6. The second-order valence-electron chi connectivity index (χ2n) is 5.74. The summed E-state index contributed by atoms with van der Waals surface area (Å²) < 4.78 is 15.9. The molecule has 6 heteroatoms. The maximum Gasteiger partial charge on any atom is 0.244 e. The van der Waals surface area contributed by atoms with E-state index in [1.54, 1.807) is 20.3 Å². The third-order valence-electron chi connectivity index (χ3n) is 3.87. The molecule has 1 aromatic carbocycles. The van der Waals surface area contributed by atoms with Crippen molar-refractivity contribution in [1.29, 1.82) is 0 Å². The highest BCUT2D eigenvalue weighted by molar-refractivity contribution is 5.92. The highest BCUT2D eigenvalue weighted by Gasteiger charge is 2.14. The van der Waals surface area contributed by atoms with Gasteiger partial charge in [0.2, 0.25) is 5.91 Å². The van der Waals surface area contributed by atoms with E-state index in [2.05, 4.69) is 10.2 Å². The van der Waals surface area contributed by atoms with E-state index in [-0.39, 0.29) is 11.9 Å². The first kappa shape index (κ1) is 18.3. The first-order valence-corrected chi connectivity index (χ1v) is 8.13. The van der Waals surface area contributed by atoms with Crippen LogP contribution in [0.4, 0.5) is 0 Å². The van der Waals surface area contributed by atoms with Crippen LogP contribution < -0.4 is 14.8 Å². The van der Waals surface area contributed by atoms with Crippen LogP contribution in [0.1, 0.15) is 12.5 Å². The number of nitrogens with zero attached hydrogens (tertiary/aromatic N) is 1. The van der Waals surface area contributed by atoms with Crippen molar-refractivity contribution in [2.24, 2.45) is 0 Å². The van der Waals surface area contributed by atoms with Crippen LogP contribution in [0.25, 0.3) is 6.08 Å². The molecule has 24 heavy (non-hydrogen) atoms. The minimum Gasteiger partial charge on any atom is -0.493 e. The third kappa shape index (κ3) is 5.25. The zero-order valence-corrected chi connectivity index (χ0v) is 14.6. The lowest BCUT2D eigenvalue weighted by molar-refractivity contribution is -0.117. The maximum absolute atomic E-state index is 12.1. The van der Waals surface area contributed by atoms with Crippen molar-refractivity contribution in [3.05, 3.63) is 29.8 Å². The summed E-state index contributed by atoms with van der Waals surface area (Å²) >= 11 is 0. The minimum atomic E-state index is -0.124. The van der Waals surface area contributed by atoms with Gasteiger partial charge in [-0.1, -0.05) is 12.1 Å². The summed E-state index contributed by atoms with van der Waals surface area (Å²) in [4.78, 5) is 14.4. The normalized spacial score (nSPS) is 16.8. The number of carbonyl (C=O) groups is 1. The van der Waals surface area contributed by atoms with Gasteiger partial charge in [0.1, 0.15) is 0 Å². The molecule has 0 unspecified atom stereocenters. The molecule has 1 aliphatic heterocycles. The highest BCUT2D eigenvalue weighted by Crippen LogP contribution is 2.31. The molecule has 132 valence electrons. The molecule has 1 N–H and O–H groups in total. The van der Waals surface area contributed by atoms with Gasteiger partial charge in [0.25, 0.3) is 0 Å². The van der Waals surface area contributed by atoms with Gasteiger partial charge in [-0.2, -0.15) is 0 Å². The Bertz CT molecular complexity index is 568. The van der Waals surface area contributed by atoms with Gasteiger partial charge in [0.15, 0.2) is 11.5 Å². The monoisotopic (exact) mass is 334 g/mol. The fraction of sp³-hybridized carbons (Fsp3) is 0.500. The average Bonchev–Trinajstić information content (AvgIpc) is 2.60. The molecule has 6 nitrogen and oxygen atoms in total. The van der Waals surface area contributed by atoms with Crippen LogP contribution in [0.2, 0.25) is 0 Å². The number of morpholine rings is 1. The topological polar surface area (TPSA) is 60.0 Å². The van der Waals surface area contributed by atoms with Gasteiger partial charge in [0.05, 0.1) is 27.4 Å². The minimum absolute atomic E-state index is 0.0763. The van der Waals surface area contributed by atoms with Crippen LogP contribution in [0.5, 0.6) is 11.5 Å². The fourth-order valence-electron chi connectivity index (χ4n) is 2.72. The summed E-state index contributed by atoms with van der Waals surface area (Å²) in [5, 5.41) is 2.98. The van der Waals surface area contributed by atoms with Crippen molar-refractivity contribution >= 4 is 12.0 Å². The number of carbonyl (C=O) groups excluding carboxylic acids is 1. The molecule has 0 aliphatic carbocycles. The van der Waals surface area contributed by atoms with Crippen molar-refractivity contribution in [1.82, 2.24) is 10.2 Å². The SMILES string of the molecule is COc1cccc(/C=C/C(=O)N[C@H](C)CN2CCOCC2)c1OC. The first-order chi connectivity index (χ1) is 11.6. The number of rotatable bonds is 7. The van der Waals surface area contributed by atoms with Crippen LogP contribution in [-0.2, 0) is 9.53 Å². The van der Waals surface area contributed by atoms with Crippen molar-refractivity contribution < 1.29 is 19.0 Å². The Balaban J connectivity index is 1.90.